The van der Waals surface area contributed by atoms with Crippen LogP contribution in [0.5, 0.6) is 0 Å². The number of carbonyl (C=O) groups is 1. The van der Waals surface area contributed by atoms with E-state index in [1.54, 1.807) is 18.2 Å². The van der Waals surface area contributed by atoms with Gasteiger partial charge in [-0.1, -0.05) is 18.2 Å². The molecule has 18 heavy (non-hydrogen) atoms. The molecule has 0 bridgehead atoms. The second-order valence-corrected chi connectivity index (χ2v) is 4.46. The molecular weight excluding hydrogens is 232 g/mol. The fourth-order valence-corrected chi connectivity index (χ4v) is 2.41. The Balaban J connectivity index is 5.85. The van der Waals surface area contributed by atoms with Crippen LogP contribution in [0.1, 0.15) is 19.3 Å². The van der Waals surface area contributed by atoms with E-state index in [9.17, 15) is 20.1 Å². The van der Waals surface area contributed by atoms with Crippen molar-refractivity contribution < 1.29 is 20.1 Å². The van der Waals surface area contributed by atoms with Crippen molar-refractivity contribution in [1.29, 1.82) is 0 Å². The molecule has 102 valence electrons. The maximum atomic E-state index is 11.5. The average molecular weight is 254 g/mol. The monoisotopic (exact) mass is 254 g/mol. The Hall–Kier alpha value is -1.39. The third-order valence-corrected chi connectivity index (χ3v) is 3.57. The first-order valence-corrected chi connectivity index (χ1v) is 5.78. The van der Waals surface area contributed by atoms with Crippen LogP contribution in [0.15, 0.2) is 38.0 Å². The highest BCUT2D eigenvalue weighted by molar-refractivity contribution is 5.76. The third kappa shape index (κ3) is 2.71. The number of aliphatic hydroxyl groups excluding tert-OH is 2. The number of carboxylic acid groups (broad SMARTS) is 1. The van der Waals surface area contributed by atoms with Gasteiger partial charge in [-0.25, -0.2) is 0 Å². The van der Waals surface area contributed by atoms with E-state index in [0.717, 1.165) is 0 Å². The molecule has 0 unspecified atom stereocenters. The van der Waals surface area contributed by atoms with Crippen LogP contribution in [0.3, 0.4) is 0 Å². The Morgan fingerprint density at radius 2 is 1.28 bits per heavy atom. The van der Waals surface area contributed by atoms with Crippen molar-refractivity contribution in [2.45, 2.75) is 19.3 Å². The molecule has 0 aromatic heterocycles. The summed E-state index contributed by atoms with van der Waals surface area (Å²) in [6.07, 6.45) is 5.82. The Morgan fingerprint density at radius 1 is 0.944 bits per heavy atom. The van der Waals surface area contributed by atoms with Gasteiger partial charge in [-0.05, 0) is 19.3 Å². The quantitative estimate of drug-likeness (QED) is 0.519. The summed E-state index contributed by atoms with van der Waals surface area (Å²) in [7, 11) is 0. The summed E-state index contributed by atoms with van der Waals surface area (Å²) in [4.78, 5) is 11.5. The fourth-order valence-electron chi connectivity index (χ4n) is 2.41. The maximum Gasteiger partial charge on any atom is 0.314 e. The molecule has 0 saturated heterocycles. The van der Waals surface area contributed by atoms with E-state index >= 15 is 0 Å². The fraction of sp³-hybridized carbons (Fsp3) is 0.500. The summed E-state index contributed by atoms with van der Waals surface area (Å²) in [6.45, 7) is 9.59. The summed E-state index contributed by atoms with van der Waals surface area (Å²) in [5, 5.41) is 28.5. The van der Waals surface area contributed by atoms with Crippen LogP contribution in [0, 0.1) is 10.8 Å². The van der Waals surface area contributed by atoms with Gasteiger partial charge in [0, 0.05) is 5.41 Å². The summed E-state index contributed by atoms with van der Waals surface area (Å²) in [5.74, 6) is -1.22. The van der Waals surface area contributed by atoms with Gasteiger partial charge < -0.3 is 15.3 Å². The van der Waals surface area contributed by atoms with Gasteiger partial charge >= 0.3 is 5.97 Å². The van der Waals surface area contributed by atoms with Gasteiger partial charge in [0.2, 0.25) is 0 Å². The molecule has 0 amide bonds. The third-order valence-electron chi connectivity index (χ3n) is 3.57. The molecule has 0 aliphatic carbocycles. The molecule has 0 aromatic carbocycles. The Morgan fingerprint density at radius 3 is 1.44 bits per heavy atom. The molecule has 0 rings (SSSR count). The summed E-state index contributed by atoms with van der Waals surface area (Å²) >= 11 is 0. The smallest absolute Gasteiger partial charge is 0.314 e. The van der Waals surface area contributed by atoms with E-state index in [1.807, 2.05) is 0 Å². The molecule has 0 saturated carbocycles. The van der Waals surface area contributed by atoms with Gasteiger partial charge in [0.25, 0.3) is 0 Å². The van der Waals surface area contributed by atoms with Crippen LogP contribution in [0.25, 0.3) is 0 Å². The molecule has 0 radical (unpaired) electrons. The lowest BCUT2D eigenvalue weighted by Crippen LogP contribution is -2.52. The predicted octanol–water partition coefficient (Wildman–Crippen LogP) is 1.76. The lowest BCUT2D eigenvalue weighted by Gasteiger charge is -2.45. The number of carboxylic acids is 1. The van der Waals surface area contributed by atoms with Gasteiger partial charge in [-0.2, -0.15) is 0 Å². The van der Waals surface area contributed by atoms with Crippen LogP contribution < -0.4 is 0 Å². The maximum absolute atomic E-state index is 11.5. The van der Waals surface area contributed by atoms with Gasteiger partial charge in [0.05, 0.1) is 13.2 Å². The standard InChI is InChI=1S/C14H22O4/c1-4-7-13(8-5-2,9-6-3)14(10-15,11-16)12(17)18/h4-6,15-16H,1-3,7-11H2,(H,17,18). The minimum atomic E-state index is -1.64. The Labute approximate surface area is 108 Å². The normalized spacial score (nSPS) is 11.9. The zero-order valence-corrected chi connectivity index (χ0v) is 10.6. The molecule has 3 N–H and O–H groups in total. The van der Waals surface area contributed by atoms with Gasteiger partial charge in [0.15, 0.2) is 0 Å². The first kappa shape index (κ1) is 16.6. The number of aliphatic hydroxyl groups is 2. The second-order valence-electron chi connectivity index (χ2n) is 4.46. The van der Waals surface area contributed by atoms with Crippen LogP contribution in [-0.4, -0.2) is 34.5 Å². The Bertz CT molecular complexity index is 289. The minimum absolute atomic E-state index is 0.346. The minimum Gasteiger partial charge on any atom is -0.481 e. The zero-order chi connectivity index (χ0) is 14.2. The van der Waals surface area contributed by atoms with Gasteiger partial charge in [0.1, 0.15) is 5.41 Å². The molecule has 0 atom stereocenters. The van der Waals surface area contributed by atoms with E-state index in [4.69, 9.17) is 0 Å². The van der Waals surface area contributed by atoms with Crippen molar-refractivity contribution >= 4 is 5.97 Å². The number of aliphatic carboxylic acids is 1. The largest absolute Gasteiger partial charge is 0.481 e. The van der Waals surface area contributed by atoms with Gasteiger partial charge in [-0.3, -0.25) is 4.79 Å². The van der Waals surface area contributed by atoms with Crippen molar-refractivity contribution in [3.05, 3.63) is 38.0 Å². The van der Waals surface area contributed by atoms with Crippen LogP contribution in [0.2, 0.25) is 0 Å². The number of hydrogen-bond donors (Lipinski definition) is 3. The molecule has 0 spiro atoms. The van der Waals surface area contributed by atoms with Gasteiger partial charge in [-0.15, -0.1) is 19.7 Å². The van der Waals surface area contributed by atoms with E-state index in [0.29, 0.717) is 19.3 Å². The van der Waals surface area contributed by atoms with Crippen LogP contribution >= 0.6 is 0 Å². The van der Waals surface area contributed by atoms with Crippen LogP contribution in [-0.2, 0) is 4.79 Å². The van der Waals surface area contributed by atoms with E-state index < -0.39 is 30.0 Å². The van der Waals surface area contributed by atoms with E-state index in [-0.39, 0.29) is 0 Å². The lowest BCUT2D eigenvalue weighted by atomic mass is 9.58. The first-order chi connectivity index (χ1) is 8.50. The Kier molecular flexibility index (Phi) is 6.58. The molecule has 0 heterocycles. The van der Waals surface area contributed by atoms with E-state index in [2.05, 4.69) is 19.7 Å². The second kappa shape index (κ2) is 7.13. The SMILES string of the molecule is C=CCC(CC=C)(CC=C)C(CO)(CO)C(=O)O. The van der Waals surface area contributed by atoms with Crippen molar-refractivity contribution in [1.82, 2.24) is 0 Å². The number of hydrogen-bond acceptors (Lipinski definition) is 3. The zero-order valence-electron chi connectivity index (χ0n) is 10.6. The molecular formula is C14H22O4. The molecule has 0 fully saturated rings. The summed E-state index contributed by atoms with van der Waals surface area (Å²) in [6, 6.07) is 0. The summed E-state index contributed by atoms with van der Waals surface area (Å²) in [5.41, 5.74) is -2.50. The van der Waals surface area contributed by atoms with E-state index in [1.165, 1.54) is 0 Å². The van der Waals surface area contributed by atoms with Crippen molar-refractivity contribution in [3.63, 3.8) is 0 Å². The van der Waals surface area contributed by atoms with Crippen molar-refractivity contribution in [2.24, 2.45) is 10.8 Å². The molecule has 0 aliphatic rings. The predicted molar refractivity (Wildman–Crippen MR) is 71.1 cm³/mol. The highest BCUT2D eigenvalue weighted by atomic mass is 16.4. The molecule has 0 aliphatic heterocycles. The molecule has 4 heteroatoms. The first-order valence-electron chi connectivity index (χ1n) is 5.78. The molecule has 4 nitrogen and oxygen atoms in total. The highest BCUT2D eigenvalue weighted by Crippen LogP contribution is 2.48. The van der Waals surface area contributed by atoms with Crippen molar-refractivity contribution in [2.75, 3.05) is 13.2 Å². The average Bonchev–Trinajstić information content (AvgIpc) is 2.31. The van der Waals surface area contributed by atoms with Crippen molar-refractivity contribution in [3.8, 4) is 0 Å². The lowest BCUT2D eigenvalue weighted by molar-refractivity contribution is -0.169. The topological polar surface area (TPSA) is 77.8 Å². The summed E-state index contributed by atoms with van der Waals surface area (Å²) < 4.78 is 0. The molecule has 0 aromatic rings. The van der Waals surface area contributed by atoms with Crippen LogP contribution in [0.4, 0.5) is 0 Å². The highest BCUT2D eigenvalue weighted by Gasteiger charge is 2.54. The number of rotatable bonds is 10. The number of allylic oxidation sites excluding steroid dienone is 3.